The first kappa shape index (κ1) is 11.3. The molecule has 1 fully saturated rings. The molecular weight excluding hydrogens is 226 g/mol. The maximum atomic E-state index is 11.7. The molecule has 1 aliphatic carbocycles. The minimum absolute atomic E-state index is 0.103. The zero-order valence-corrected chi connectivity index (χ0v) is 9.63. The van der Waals surface area contributed by atoms with Crippen molar-refractivity contribution in [3.05, 3.63) is 29.8 Å². The molecule has 1 amide bonds. The summed E-state index contributed by atoms with van der Waals surface area (Å²) in [7, 11) is 0. The molecule has 16 heavy (non-hydrogen) atoms. The largest absolute Gasteiger partial charge is 0.508 e. The van der Waals surface area contributed by atoms with E-state index in [0.717, 1.165) is 12.8 Å². The zero-order valence-electron chi connectivity index (χ0n) is 8.87. The molecule has 0 radical (unpaired) electrons. The van der Waals surface area contributed by atoms with E-state index in [1.54, 1.807) is 12.1 Å². The van der Waals surface area contributed by atoms with Crippen molar-refractivity contribution in [2.45, 2.75) is 12.8 Å². The molecule has 0 unspecified atom stereocenters. The average Bonchev–Trinajstić information content (AvgIpc) is 3.07. The van der Waals surface area contributed by atoms with Crippen LogP contribution in [-0.4, -0.2) is 23.4 Å². The van der Waals surface area contributed by atoms with Gasteiger partial charge in [-0.2, -0.15) is 0 Å². The average molecular weight is 240 g/mol. The fourth-order valence-corrected chi connectivity index (χ4v) is 1.91. The normalized spacial score (nSPS) is 16.8. The van der Waals surface area contributed by atoms with Gasteiger partial charge >= 0.3 is 0 Å². The highest BCUT2D eigenvalue weighted by Crippen LogP contribution is 2.45. The summed E-state index contributed by atoms with van der Waals surface area (Å²) in [6.45, 7) is 0.616. The predicted molar refractivity (Wildman–Crippen MR) is 62.8 cm³/mol. The van der Waals surface area contributed by atoms with Crippen LogP contribution in [0, 0.1) is 5.41 Å². The Hall–Kier alpha value is -1.22. The van der Waals surface area contributed by atoms with Crippen molar-refractivity contribution in [3.8, 4) is 5.75 Å². The summed E-state index contributed by atoms with van der Waals surface area (Å²) in [5.74, 6) is 0.534. The fourth-order valence-electron chi connectivity index (χ4n) is 1.55. The first-order chi connectivity index (χ1) is 7.65. The molecule has 3 nitrogen and oxygen atoms in total. The Labute approximate surface area is 99.4 Å². The Bertz CT molecular complexity index is 402. The number of carbonyl (C=O) groups excluding carboxylic acids is 1. The van der Waals surface area contributed by atoms with Crippen molar-refractivity contribution in [2.75, 3.05) is 12.4 Å². The van der Waals surface area contributed by atoms with Gasteiger partial charge in [-0.1, -0.05) is 6.07 Å². The Balaban J connectivity index is 1.93. The summed E-state index contributed by atoms with van der Waals surface area (Å²) in [6.07, 6.45) is 2.16. The van der Waals surface area contributed by atoms with Gasteiger partial charge in [0.05, 0.1) is 0 Å². The van der Waals surface area contributed by atoms with Gasteiger partial charge in [0.2, 0.25) is 0 Å². The number of hydrogen-bond acceptors (Lipinski definition) is 2. The second-order valence-corrected chi connectivity index (χ2v) is 4.63. The number of benzene rings is 1. The van der Waals surface area contributed by atoms with Crippen molar-refractivity contribution >= 4 is 17.5 Å². The number of hydrogen-bond donors (Lipinski definition) is 2. The molecule has 0 heterocycles. The van der Waals surface area contributed by atoms with Crippen molar-refractivity contribution in [1.29, 1.82) is 0 Å². The molecule has 0 aliphatic heterocycles. The van der Waals surface area contributed by atoms with Crippen LogP contribution in [0.5, 0.6) is 5.75 Å². The van der Waals surface area contributed by atoms with Crippen LogP contribution in [-0.2, 0) is 0 Å². The Morgan fingerprint density at radius 1 is 1.50 bits per heavy atom. The smallest absolute Gasteiger partial charge is 0.251 e. The zero-order chi connectivity index (χ0) is 11.6. The van der Waals surface area contributed by atoms with Crippen LogP contribution in [0.2, 0.25) is 0 Å². The minimum atomic E-state index is -0.160. The highest BCUT2D eigenvalue weighted by atomic mass is 35.5. The van der Waals surface area contributed by atoms with Crippen molar-refractivity contribution < 1.29 is 9.90 Å². The third-order valence-corrected chi connectivity index (χ3v) is 3.54. The summed E-state index contributed by atoms with van der Waals surface area (Å²) in [4.78, 5) is 11.7. The molecule has 2 rings (SSSR count). The quantitative estimate of drug-likeness (QED) is 0.791. The number of alkyl halides is 1. The third kappa shape index (κ3) is 2.47. The van der Waals surface area contributed by atoms with E-state index in [4.69, 9.17) is 11.6 Å². The summed E-state index contributed by atoms with van der Waals surface area (Å²) in [6, 6.07) is 6.32. The summed E-state index contributed by atoms with van der Waals surface area (Å²) < 4.78 is 0. The second-order valence-electron chi connectivity index (χ2n) is 4.37. The van der Waals surface area contributed by atoms with Crippen LogP contribution in [0.3, 0.4) is 0 Å². The number of nitrogens with one attached hydrogen (secondary N) is 1. The van der Waals surface area contributed by atoms with Gasteiger partial charge in [0.15, 0.2) is 0 Å². The van der Waals surface area contributed by atoms with E-state index in [1.165, 1.54) is 12.1 Å². The first-order valence-corrected chi connectivity index (χ1v) is 5.82. The van der Waals surface area contributed by atoms with Crippen LogP contribution in [0.15, 0.2) is 24.3 Å². The monoisotopic (exact) mass is 239 g/mol. The van der Waals surface area contributed by atoms with E-state index in [-0.39, 0.29) is 17.1 Å². The van der Waals surface area contributed by atoms with Gasteiger partial charge in [-0.25, -0.2) is 0 Å². The Morgan fingerprint density at radius 3 is 2.81 bits per heavy atom. The minimum Gasteiger partial charge on any atom is -0.508 e. The number of carbonyl (C=O) groups is 1. The Kier molecular flexibility index (Phi) is 3.06. The van der Waals surface area contributed by atoms with Gasteiger partial charge in [0.1, 0.15) is 5.75 Å². The molecule has 0 saturated heterocycles. The van der Waals surface area contributed by atoms with E-state index >= 15 is 0 Å². The number of phenolic OH excluding ortho intramolecular Hbond substituents is 1. The maximum Gasteiger partial charge on any atom is 0.251 e. The highest BCUT2D eigenvalue weighted by molar-refractivity contribution is 6.18. The molecule has 86 valence electrons. The van der Waals surface area contributed by atoms with Gasteiger partial charge in [0, 0.05) is 23.4 Å². The molecule has 0 aromatic heterocycles. The van der Waals surface area contributed by atoms with Gasteiger partial charge in [-0.05, 0) is 31.0 Å². The number of halogens is 1. The van der Waals surface area contributed by atoms with Crippen LogP contribution in [0.4, 0.5) is 0 Å². The van der Waals surface area contributed by atoms with Crippen molar-refractivity contribution in [1.82, 2.24) is 5.32 Å². The standard InChI is InChI=1S/C12H14ClNO2/c13-7-12(4-5-12)8-14-11(16)9-2-1-3-10(15)6-9/h1-3,6,15H,4-5,7-8H2,(H,14,16). The Morgan fingerprint density at radius 2 is 2.25 bits per heavy atom. The molecule has 4 heteroatoms. The van der Waals surface area contributed by atoms with Gasteiger partial charge in [-0.3, -0.25) is 4.79 Å². The molecule has 0 bridgehead atoms. The van der Waals surface area contributed by atoms with Gasteiger partial charge < -0.3 is 10.4 Å². The van der Waals surface area contributed by atoms with Gasteiger partial charge in [0.25, 0.3) is 5.91 Å². The topological polar surface area (TPSA) is 49.3 Å². The molecular formula is C12H14ClNO2. The number of rotatable bonds is 4. The molecule has 1 aliphatic rings. The van der Waals surface area contributed by atoms with Crippen LogP contribution in [0.25, 0.3) is 0 Å². The molecule has 0 atom stereocenters. The van der Waals surface area contributed by atoms with E-state index in [1.807, 2.05) is 0 Å². The fraction of sp³-hybridized carbons (Fsp3) is 0.417. The summed E-state index contributed by atoms with van der Waals surface area (Å²) >= 11 is 5.82. The van der Waals surface area contributed by atoms with Crippen molar-refractivity contribution in [2.24, 2.45) is 5.41 Å². The van der Waals surface area contributed by atoms with E-state index in [9.17, 15) is 9.90 Å². The third-order valence-electron chi connectivity index (χ3n) is 2.97. The molecule has 1 saturated carbocycles. The summed E-state index contributed by atoms with van der Waals surface area (Å²) in [5.41, 5.74) is 0.596. The lowest BCUT2D eigenvalue weighted by Gasteiger charge is -2.12. The van der Waals surface area contributed by atoms with E-state index in [2.05, 4.69) is 5.32 Å². The molecule has 0 spiro atoms. The van der Waals surface area contributed by atoms with E-state index < -0.39 is 0 Å². The van der Waals surface area contributed by atoms with E-state index in [0.29, 0.717) is 18.0 Å². The van der Waals surface area contributed by atoms with Crippen LogP contribution >= 0.6 is 11.6 Å². The molecule has 2 N–H and O–H groups in total. The lowest BCUT2D eigenvalue weighted by Crippen LogP contribution is -2.30. The second kappa shape index (κ2) is 4.34. The lowest BCUT2D eigenvalue weighted by molar-refractivity contribution is 0.0946. The number of phenols is 1. The first-order valence-electron chi connectivity index (χ1n) is 5.28. The molecule has 1 aromatic carbocycles. The van der Waals surface area contributed by atoms with Crippen LogP contribution < -0.4 is 5.32 Å². The summed E-state index contributed by atoms with van der Waals surface area (Å²) in [5, 5.41) is 12.1. The van der Waals surface area contributed by atoms with Crippen LogP contribution in [0.1, 0.15) is 23.2 Å². The number of aromatic hydroxyl groups is 1. The SMILES string of the molecule is O=C(NCC1(CCl)CC1)c1cccc(O)c1. The maximum absolute atomic E-state index is 11.7. The molecule has 1 aromatic rings. The van der Waals surface area contributed by atoms with Crippen molar-refractivity contribution in [3.63, 3.8) is 0 Å². The van der Waals surface area contributed by atoms with Gasteiger partial charge in [-0.15, -0.1) is 11.6 Å². The predicted octanol–water partition coefficient (Wildman–Crippen LogP) is 2.14. The lowest BCUT2D eigenvalue weighted by atomic mass is 10.1. The highest BCUT2D eigenvalue weighted by Gasteiger charge is 2.41. The number of amides is 1.